The summed E-state index contributed by atoms with van der Waals surface area (Å²) in [4.78, 5) is 10.5. The Morgan fingerprint density at radius 3 is 2.91 bits per heavy atom. The first-order valence-electron chi connectivity index (χ1n) is 2.83. The Labute approximate surface area is 67.5 Å². The Hall–Kier alpha value is -1.23. The van der Waals surface area contributed by atoms with E-state index in [-0.39, 0.29) is 0 Å². The highest BCUT2D eigenvalue weighted by atomic mass is 32.1. The lowest BCUT2D eigenvalue weighted by Crippen LogP contribution is -2.07. The van der Waals surface area contributed by atoms with Crippen molar-refractivity contribution in [3.8, 4) is 5.06 Å². The van der Waals surface area contributed by atoms with Gasteiger partial charge in [-0.25, -0.2) is 4.79 Å². The Balaban J connectivity index is 2.64. The van der Waals surface area contributed by atoms with Crippen molar-refractivity contribution in [1.29, 1.82) is 0 Å². The van der Waals surface area contributed by atoms with Crippen LogP contribution in [0.25, 0.3) is 0 Å². The van der Waals surface area contributed by atoms with Gasteiger partial charge in [-0.3, -0.25) is 0 Å². The number of hydrogen-bond donors (Lipinski definition) is 1. The van der Waals surface area contributed by atoms with E-state index >= 15 is 0 Å². The largest absolute Gasteiger partial charge is 0.514 e. The van der Waals surface area contributed by atoms with Gasteiger partial charge in [-0.2, -0.15) is 0 Å². The van der Waals surface area contributed by atoms with Gasteiger partial charge < -0.3 is 15.2 Å². The molecule has 0 saturated heterocycles. The molecule has 0 radical (unpaired) electrons. The molecule has 1 heterocycles. The topological polar surface area (TPSA) is 61.5 Å². The second kappa shape index (κ2) is 3.25. The summed E-state index contributed by atoms with van der Waals surface area (Å²) in [6, 6.07) is 1.66. The SMILES string of the molecule is COC(=O)Oc1sccc1N. The van der Waals surface area contributed by atoms with E-state index in [4.69, 9.17) is 5.73 Å². The van der Waals surface area contributed by atoms with Crippen LogP contribution in [0.4, 0.5) is 10.5 Å². The molecule has 0 aliphatic heterocycles. The van der Waals surface area contributed by atoms with Crippen LogP contribution in [-0.2, 0) is 4.74 Å². The third kappa shape index (κ3) is 1.84. The van der Waals surface area contributed by atoms with Gasteiger partial charge in [-0.1, -0.05) is 0 Å². The number of nitrogen functional groups attached to an aromatic ring is 1. The smallest absolute Gasteiger partial charge is 0.437 e. The van der Waals surface area contributed by atoms with Crippen molar-refractivity contribution in [3.63, 3.8) is 0 Å². The monoisotopic (exact) mass is 173 g/mol. The Bertz CT molecular complexity index is 258. The lowest BCUT2D eigenvalue weighted by molar-refractivity contribution is 0.123. The molecule has 5 heteroatoms. The Morgan fingerprint density at radius 1 is 1.73 bits per heavy atom. The molecule has 0 spiro atoms. The summed E-state index contributed by atoms with van der Waals surface area (Å²) in [5.41, 5.74) is 5.87. The van der Waals surface area contributed by atoms with E-state index in [2.05, 4.69) is 9.47 Å². The lowest BCUT2D eigenvalue weighted by Gasteiger charge is -1.98. The number of anilines is 1. The quantitative estimate of drug-likeness (QED) is 0.653. The van der Waals surface area contributed by atoms with E-state index in [1.807, 2.05) is 0 Å². The van der Waals surface area contributed by atoms with Crippen LogP contribution in [0.1, 0.15) is 0 Å². The highest BCUT2D eigenvalue weighted by molar-refractivity contribution is 7.12. The number of nitrogens with two attached hydrogens (primary N) is 1. The van der Waals surface area contributed by atoms with E-state index in [0.717, 1.165) is 0 Å². The molecule has 4 nitrogen and oxygen atoms in total. The second-order valence-electron chi connectivity index (χ2n) is 1.72. The van der Waals surface area contributed by atoms with Gasteiger partial charge >= 0.3 is 6.16 Å². The van der Waals surface area contributed by atoms with Crippen LogP contribution in [0.3, 0.4) is 0 Å². The standard InChI is InChI=1S/C6H7NO3S/c1-9-6(8)10-5-4(7)2-3-11-5/h2-3H,7H2,1H3. The average Bonchev–Trinajstić information content (AvgIpc) is 2.37. The molecule has 0 aliphatic rings. The maximum Gasteiger partial charge on any atom is 0.514 e. The molecule has 1 aromatic heterocycles. The van der Waals surface area contributed by atoms with Crippen LogP contribution in [-0.4, -0.2) is 13.3 Å². The molecule has 0 saturated carbocycles. The first-order valence-corrected chi connectivity index (χ1v) is 3.70. The molecular formula is C6H7NO3S. The van der Waals surface area contributed by atoms with Crippen LogP contribution in [0.2, 0.25) is 0 Å². The van der Waals surface area contributed by atoms with Crippen molar-refractivity contribution in [3.05, 3.63) is 11.4 Å². The summed E-state index contributed by atoms with van der Waals surface area (Å²) in [7, 11) is 1.24. The van der Waals surface area contributed by atoms with Crippen LogP contribution >= 0.6 is 11.3 Å². The van der Waals surface area contributed by atoms with Crippen molar-refractivity contribution < 1.29 is 14.3 Å². The first kappa shape index (κ1) is 7.87. The zero-order chi connectivity index (χ0) is 8.27. The molecule has 11 heavy (non-hydrogen) atoms. The average molecular weight is 173 g/mol. The number of carbonyl (C=O) groups is 1. The molecule has 2 N–H and O–H groups in total. The molecular weight excluding hydrogens is 166 g/mol. The predicted molar refractivity (Wildman–Crippen MR) is 41.8 cm³/mol. The van der Waals surface area contributed by atoms with Crippen LogP contribution in [0.5, 0.6) is 5.06 Å². The summed E-state index contributed by atoms with van der Waals surface area (Å²) in [6.45, 7) is 0. The number of rotatable bonds is 1. The van der Waals surface area contributed by atoms with Gasteiger partial charge in [-0.05, 0) is 11.4 Å². The fourth-order valence-electron chi connectivity index (χ4n) is 0.506. The molecule has 0 atom stereocenters. The van der Waals surface area contributed by atoms with Crippen LogP contribution in [0, 0.1) is 0 Å². The summed E-state index contributed by atoms with van der Waals surface area (Å²) in [5, 5.41) is 2.10. The molecule has 0 aromatic carbocycles. The second-order valence-corrected chi connectivity index (χ2v) is 2.60. The number of hydrogen-bond acceptors (Lipinski definition) is 5. The van der Waals surface area contributed by atoms with Crippen molar-refractivity contribution in [1.82, 2.24) is 0 Å². The van der Waals surface area contributed by atoms with Gasteiger partial charge in [0.2, 0.25) is 5.06 Å². The van der Waals surface area contributed by atoms with E-state index < -0.39 is 6.16 Å². The van der Waals surface area contributed by atoms with Crippen molar-refractivity contribution in [2.75, 3.05) is 12.8 Å². The van der Waals surface area contributed by atoms with Crippen LogP contribution in [0.15, 0.2) is 11.4 Å². The third-order valence-corrected chi connectivity index (χ3v) is 1.81. The molecule has 0 aliphatic carbocycles. The zero-order valence-electron chi connectivity index (χ0n) is 5.87. The Morgan fingerprint density at radius 2 is 2.45 bits per heavy atom. The molecule has 0 unspecified atom stereocenters. The van der Waals surface area contributed by atoms with Crippen molar-refractivity contribution >= 4 is 23.2 Å². The number of ether oxygens (including phenoxy) is 2. The number of carbonyl (C=O) groups excluding carboxylic acids is 1. The first-order chi connectivity index (χ1) is 5.24. The molecule has 0 amide bonds. The van der Waals surface area contributed by atoms with Crippen LogP contribution < -0.4 is 10.5 Å². The summed E-state index contributed by atoms with van der Waals surface area (Å²) in [5.74, 6) is 0. The Kier molecular flexibility index (Phi) is 2.32. The molecule has 1 rings (SSSR count). The third-order valence-electron chi connectivity index (χ3n) is 1.00. The molecule has 0 bridgehead atoms. The zero-order valence-corrected chi connectivity index (χ0v) is 6.68. The summed E-state index contributed by atoms with van der Waals surface area (Å²) >= 11 is 1.25. The normalized spacial score (nSPS) is 9.18. The minimum Gasteiger partial charge on any atom is -0.437 e. The minimum atomic E-state index is -0.751. The fraction of sp³-hybridized carbons (Fsp3) is 0.167. The minimum absolute atomic E-state index is 0.372. The van der Waals surface area contributed by atoms with Gasteiger partial charge in [0, 0.05) is 0 Å². The van der Waals surface area contributed by atoms with Crippen molar-refractivity contribution in [2.24, 2.45) is 0 Å². The number of thiophene rings is 1. The van der Waals surface area contributed by atoms with E-state index in [0.29, 0.717) is 10.8 Å². The van der Waals surface area contributed by atoms with Gasteiger partial charge in [0.05, 0.1) is 12.8 Å². The maximum absolute atomic E-state index is 10.5. The fourth-order valence-corrected chi connectivity index (χ4v) is 1.16. The highest BCUT2D eigenvalue weighted by Crippen LogP contribution is 2.28. The molecule has 60 valence electrons. The van der Waals surface area contributed by atoms with Gasteiger partial charge in [0.1, 0.15) is 0 Å². The van der Waals surface area contributed by atoms with Gasteiger partial charge in [-0.15, -0.1) is 11.3 Å². The highest BCUT2D eigenvalue weighted by Gasteiger charge is 2.07. The van der Waals surface area contributed by atoms with E-state index in [9.17, 15) is 4.79 Å². The number of methoxy groups -OCH3 is 1. The lowest BCUT2D eigenvalue weighted by atomic mass is 10.5. The summed E-state index contributed by atoms with van der Waals surface area (Å²) < 4.78 is 8.94. The van der Waals surface area contributed by atoms with Gasteiger partial charge in [0.15, 0.2) is 0 Å². The van der Waals surface area contributed by atoms with E-state index in [1.54, 1.807) is 11.4 Å². The molecule has 1 aromatic rings. The van der Waals surface area contributed by atoms with Crippen molar-refractivity contribution in [2.45, 2.75) is 0 Å². The van der Waals surface area contributed by atoms with E-state index in [1.165, 1.54) is 18.4 Å². The van der Waals surface area contributed by atoms with Gasteiger partial charge in [0.25, 0.3) is 0 Å². The molecule has 0 fully saturated rings. The predicted octanol–water partition coefficient (Wildman–Crippen LogP) is 1.48. The maximum atomic E-state index is 10.5. The summed E-state index contributed by atoms with van der Waals surface area (Å²) in [6.07, 6.45) is -0.751.